The van der Waals surface area contributed by atoms with E-state index in [4.69, 9.17) is 0 Å². The van der Waals surface area contributed by atoms with E-state index in [1.165, 1.54) is 0 Å². The lowest BCUT2D eigenvalue weighted by atomic mass is 9.83. The van der Waals surface area contributed by atoms with Gasteiger partial charge < -0.3 is 36.1 Å². The fourth-order valence-corrected chi connectivity index (χ4v) is 6.98. The minimum Gasteiger partial charge on any atom is -0.508 e. The van der Waals surface area contributed by atoms with E-state index < -0.39 is 23.4 Å². The molecular formula is C40H52N2O7. The molecule has 4 aromatic rings. The molecule has 0 spiro atoms. The zero-order chi connectivity index (χ0) is 34.3. The van der Waals surface area contributed by atoms with Crippen molar-refractivity contribution in [2.75, 3.05) is 26.2 Å². The number of rotatable bonds is 8. The zero-order valence-corrected chi connectivity index (χ0v) is 28.4. The SMILES string of the molecule is C[C@@H]([C@@H](O)c1ccc(O)cc1)N1CCC(O)(c2ccccc2)CC1.C[C@@H]([C@@H](O)c1ccc(O)cc1)N1CCC(O)(c2ccccc2)CC1.O. The first-order chi connectivity index (χ1) is 23.0. The Kier molecular flexibility index (Phi) is 13.0. The monoisotopic (exact) mass is 672 g/mol. The Hall–Kier alpha value is -3.80. The maximum Gasteiger partial charge on any atom is 0.115 e. The van der Waals surface area contributed by atoms with Crippen molar-refractivity contribution in [3.63, 3.8) is 0 Å². The van der Waals surface area contributed by atoms with Crippen LogP contribution in [0.25, 0.3) is 0 Å². The lowest BCUT2D eigenvalue weighted by molar-refractivity contribution is -0.0503. The van der Waals surface area contributed by atoms with Crippen molar-refractivity contribution in [2.45, 2.75) is 75.0 Å². The summed E-state index contributed by atoms with van der Waals surface area (Å²) in [7, 11) is 0. The summed E-state index contributed by atoms with van der Waals surface area (Å²) in [5.41, 5.74) is 1.98. The third-order valence-electron chi connectivity index (χ3n) is 10.4. The van der Waals surface area contributed by atoms with Crippen LogP contribution in [0, 0.1) is 0 Å². The Balaban J connectivity index is 0.000000216. The van der Waals surface area contributed by atoms with E-state index in [-0.39, 0.29) is 29.1 Å². The second-order valence-electron chi connectivity index (χ2n) is 13.4. The van der Waals surface area contributed by atoms with Crippen LogP contribution in [0.5, 0.6) is 11.5 Å². The van der Waals surface area contributed by atoms with Crippen LogP contribution in [0.15, 0.2) is 109 Å². The first kappa shape index (κ1) is 38.0. The number of hydrogen-bond donors (Lipinski definition) is 6. The first-order valence-electron chi connectivity index (χ1n) is 17.0. The average molecular weight is 673 g/mol. The van der Waals surface area contributed by atoms with Crippen LogP contribution in [0.4, 0.5) is 0 Å². The summed E-state index contributed by atoms with van der Waals surface area (Å²) in [4.78, 5) is 4.43. The van der Waals surface area contributed by atoms with Gasteiger partial charge >= 0.3 is 0 Å². The summed E-state index contributed by atoms with van der Waals surface area (Å²) >= 11 is 0. The van der Waals surface area contributed by atoms with Crippen LogP contribution < -0.4 is 0 Å². The van der Waals surface area contributed by atoms with Crippen molar-refractivity contribution in [3.8, 4) is 11.5 Å². The van der Waals surface area contributed by atoms with Crippen molar-refractivity contribution in [3.05, 3.63) is 131 Å². The number of aromatic hydroxyl groups is 2. The third-order valence-corrected chi connectivity index (χ3v) is 10.4. The number of phenols is 2. The van der Waals surface area contributed by atoms with E-state index in [1.54, 1.807) is 48.5 Å². The molecule has 0 radical (unpaired) electrons. The normalized spacial score (nSPS) is 20.0. The van der Waals surface area contributed by atoms with E-state index in [0.717, 1.165) is 48.4 Å². The molecule has 0 saturated carbocycles. The molecule has 4 aromatic carbocycles. The van der Waals surface area contributed by atoms with Gasteiger partial charge in [0.1, 0.15) is 11.5 Å². The van der Waals surface area contributed by atoms with Crippen molar-refractivity contribution in [1.82, 2.24) is 9.80 Å². The van der Waals surface area contributed by atoms with Crippen LogP contribution in [-0.4, -0.2) is 84.2 Å². The van der Waals surface area contributed by atoms with Crippen molar-refractivity contribution < 1.29 is 36.1 Å². The lowest BCUT2D eigenvalue weighted by Gasteiger charge is -2.42. The van der Waals surface area contributed by atoms with Crippen molar-refractivity contribution >= 4 is 0 Å². The van der Waals surface area contributed by atoms with Crippen molar-refractivity contribution in [2.24, 2.45) is 0 Å². The number of hydrogen-bond acceptors (Lipinski definition) is 8. The highest BCUT2D eigenvalue weighted by molar-refractivity contribution is 5.29. The topological polar surface area (TPSA) is 159 Å². The van der Waals surface area contributed by atoms with Gasteiger partial charge in [-0.1, -0.05) is 84.9 Å². The van der Waals surface area contributed by atoms with Gasteiger partial charge in [-0.05, 0) is 86.1 Å². The molecular weight excluding hydrogens is 620 g/mol. The second kappa shape index (κ2) is 16.7. The van der Waals surface area contributed by atoms with Crippen LogP contribution in [0.2, 0.25) is 0 Å². The van der Waals surface area contributed by atoms with Crippen molar-refractivity contribution in [1.29, 1.82) is 0 Å². The first-order valence-corrected chi connectivity index (χ1v) is 17.0. The maximum atomic E-state index is 10.9. The highest BCUT2D eigenvalue weighted by atomic mass is 16.3. The highest BCUT2D eigenvalue weighted by Crippen LogP contribution is 2.36. The molecule has 264 valence electrons. The molecule has 0 unspecified atom stereocenters. The summed E-state index contributed by atoms with van der Waals surface area (Å²) in [6, 6.07) is 32.9. The average Bonchev–Trinajstić information content (AvgIpc) is 3.13. The molecule has 2 aliphatic rings. The Morgan fingerprint density at radius 2 is 0.776 bits per heavy atom. The molecule has 0 aromatic heterocycles. The predicted octanol–water partition coefficient (Wildman–Crippen LogP) is 4.77. The molecule has 9 heteroatoms. The molecule has 9 nitrogen and oxygen atoms in total. The van der Waals surface area contributed by atoms with Gasteiger partial charge in [0, 0.05) is 38.3 Å². The molecule has 8 N–H and O–H groups in total. The van der Waals surface area contributed by atoms with Gasteiger partial charge in [-0.3, -0.25) is 9.80 Å². The molecule has 0 aliphatic carbocycles. The zero-order valence-electron chi connectivity index (χ0n) is 28.4. The van der Waals surface area contributed by atoms with Gasteiger partial charge in [-0.25, -0.2) is 0 Å². The maximum absolute atomic E-state index is 10.9. The molecule has 2 saturated heterocycles. The summed E-state index contributed by atoms with van der Waals surface area (Å²) in [6.07, 6.45) is 1.39. The van der Waals surface area contributed by atoms with Gasteiger partial charge in [0.15, 0.2) is 0 Å². The lowest BCUT2D eigenvalue weighted by Crippen LogP contribution is -2.47. The van der Waals surface area contributed by atoms with Gasteiger partial charge in [-0.15, -0.1) is 0 Å². The van der Waals surface area contributed by atoms with Crippen LogP contribution in [-0.2, 0) is 11.2 Å². The minimum atomic E-state index is -0.777. The summed E-state index contributed by atoms with van der Waals surface area (Å²) in [5.74, 6) is 0.397. The second-order valence-corrected chi connectivity index (χ2v) is 13.4. The Labute approximate surface area is 289 Å². The number of piperidine rings is 2. The van der Waals surface area contributed by atoms with E-state index in [0.29, 0.717) is 25.7 Å². The number of aliphatic hydroxyl groups excluding tert-OH is 2. The highest BCUT2D eigenvalue weighted by Gasteiger charge is 2.38. The number of likely N-dealkylation sites (tertiary alicyclic amines) is 2. The minimum absolute atomic E-state index is 0. The molecule has 2 aliphatic heterocycles. The number of aliphatic hydroxyl groups is 4. The fraction of sp³-hybridized carbons (Fsp3) is 0.400. The van der Waals surface area contributed by atoms with Crippen LogP contribution >= 0.6 is 0 Å². The predicted molar refractivity (Wildman–Crippen MR) is 191 cm³/mol. The van der Waals surface area contributed by atoms with Gasteiger partial charge in [-0.2, -0.15) is 0 Å². The van der Waals surface area contributed by atoms with E-state index in [1.807, 2.05) is 74.5 Å². The molecule has 2 fully saturated rings. The largest absolute Gasteiger partial charge is 0.508 e. The molecule has 0 amide bonds. The molecule has 2 heterocycles. The quantitative estimate of drug-likeness (QED) is 0.156. The van der Waals surface area contributed by atoms with Gasteiger partial charge in [0.2, 0.25) is 0 Å². The summed E-state index contributed by atoms with van der Waals surface area (Å²) in [6.45, 7) is 6.96. The van der Waals surface area contributed by atoms with E-state index >= 15 is 0 Å². The van der Waals surface area contributed by atoms with Gasteiger partial charge in [0.25, 0.3) is 0 Å². The Morgan fingerprint density at radius 3 is 1.06 bits per heavy atom. The number of nitrogens with zero attached hydrogens (tertiary/aromatic N) is 2. The summed E-state index contributed by atoms with van der Waals surface area (Å²) in [5, 5.41) is 61.8. The smallest absolute Gasteiger partial charge is 0.115 e. The van der Waals surface area contributed by atoms with Gasteiger partial charge in [0.05, 0.1) is 23.4 Å². The van der Waals surface area contributed by atoms with Crippen LogP contribution in [0.3, 0.4) is 0 Å². The Morgan fingerprint density at radius 1 is 0.490 bits per heavy atom. The Bertz CT molecular complexity index is 1420. The summed E-state index contributed by atoms with van der Waals surface area (Å²) < 4.78 is 0. The molecule has 4 atom stereocenters. The van der Waals surface area contributed by atoms with E-state index in [9.17, 15) is 30.6 Å². The third kappa shape index (κ3) is 9.26. The van der Waals surface area contributed by atoms with E-state index in [2.05, 4.69) is 9.80 Å². The number of phenolic OH excluding ortho intramolecular Hbond substituents is 2. The standard InChI is InChI=1S/2C20H25NO3.H2O/c2*1-15(19(23)16-7-9-18(22)10-8-16)21-13-11-20(24,12-14-21)17-5-3-2-4-6-17;/h2*2-10,15,19,22-24H,11-14H2,1H3;1H2/t2*15-,19+;/m00./s1. The number of benzene rings is 4. The fourth-order valence-electron chi connectivity index (χ4n) is 6.98. The molecule has 6 rings (SSSR count). The molecule has 49 heavy (non-hydrogen) atoms. The van der Waals surface area contributed by atoms with Crippen LogP contribution in [0.1, 0.15) is 74.0 Å². The molecule has 0 bridgehead atoms.